The Morgan fingerprint density at radius 1 is 1.02 bits per heavy atom. The Hall–Kier alpha value is -4.56. The minimum atomic E-state index is -1.42. The van der Waals surface area contributed by atoms with E-state index in [1.165, 1.54) is 23.1 Å². The molecular formula is C26H23N3O9S2. The Kier molecular flexibility index (Phi) is 10.1. The summed E-state index contributed by atoms with van der Waals surface area (Å²) in [5.41, 5.74) is 1.52. The molecule has 5 N–H and O–H groups in total. The van der Waals surface area contributed by atoms with Crippen LogP contribution < -0.4 is 15.5 Å². The van der Waals surface area contributed by atoms with Crippen LogP contribution in [-0.2, 0) is 30.5 Å². The van der Waals surface area contributed by atoms with E-state index in [1.807, 2.05) is 0 Å². The van der Waals surface area contributed by atoms with Gasteiger partial charge in [0.05, 0.1) is 11.4 Å². The standard InChI is InChI=1S/C26H23N3O9S2/c30-20(12-22(33)34)29(17-6-4-14(5-7-17)11-19-24(36)28-26(39)40-19)13-15-2-1-3-16(10-15)23(35)27-18(25(37)38)8-9-21(31)32/h1-7,10-11,18H,8-9,12-13H2,(H,27,35)(H,31,32)(H,33,34)(H,37,38)(H,28,36,39)/b19-11+/t18-/m1/s1. The number of benzene rings is 2. The highest BCUT2D eigenvalue weighted by atomic mass is 32.2. The zero-order chi connectivity index (χ0) is 29.4. The molecule has 40 heavy (non-hydrogen) atoms. The van der Waals surface area contributed by atoms with Gasteiger partial charge >= 0.3 is 17.9 Å². The van der Waals surface area contributed by atoms with E-state index in [1.54, 1.807) is 36.4 Å². The third kappa shape index (κ3) is 8.47. The van der Waals surface area contributed by atoms with Crippen LogP contribution in [0.3, 0.4) is 0 Å². The molecule has 1 aliphatic heterocycles. The highest BCUT2D eigenvalue weighted by molar-refractivity contribution is 8.26. The van der Waals surface area contributed by atoms with Crippen LogP contribution in [0.25, 0.3) is 6.08 Å². The number of hydrogen-bond donors (Lipinski definition) is 5. The molecule has 0 bridgehead atoms. The highest BCUT2D eigenvalue weighted by Crippen LogP contribution is 2.27. The second kappa shape index (κ2) is 13.5. The summed E-state index contributed by atoms with van der Waals surface area (Å²) < 4.78 is 0.341. The molecule has 2 aromatic carbocycles. The lowest BCUT2D eigenvalue weighted by Crippen LogP contribution is -2.41. The number of thioether (sulfide) groups is 1. The van der Waals surface area contributed by atoms with Crippen LogP contribution in [0.2, 0.25) is 0 Å². The molecule has 3 rings (SSSR count). The van der Waals surface area contributed by atoms with Gasteiger partial charge in [0.2, 0.25) is 5.91 Å². The minimum Gasteiger partial charge on any atom is -0.481 e. The van der Waals surface area contributed by atoms with Crippen molar-refractivity contribution >= 4 is 75.7 Å². The molecule has 208 valence electrons. The van der Waals surface area contributed by atoms with Gasteiger partial charge in [-0.25, -0.2) is 4.79 Å². The van der Waals surface area contributed by atoms with Crippen molar-refractivity contribution in [2.24, 2.45) is 0 Å². The minimum absolute atomic E-state index is 0.0666. The number of aliphatic carboxylic acids is 3. The predicted octanol–water partition coefficient (Wildman–Crippen LogP) is 2.23. The van der Waals surface area contributed by atoms with E-state index in [-0.39, 0.29) is 24.4 Å². The maximum Gasteiger partial charge on any atom is 0.326 e. The molecule has 0 aliphatic carbocycles. The van der Waals surface area contributed by atoms with Gasteiger partial charge in [0.1, 0.15) is 16.8 Å². The van der Waals surface area contributed by atoms with Crippen LogP contribution in [0.1, 0.15) is 40.7 Å². The van der Waals surface area contributed by atoms with Gasteiger partial charge in [-0.05, 0) is 47.9 Å². The number of nitrogens with one attached hydrogen (secondary N) is 2. The Labute approximate surface area is 237 Å². The van der Waals surface area contributed by atoms with Crippen molar-refractivity contribution in [2.45, 2.75) is 31.8 Å². The fraction of sp³-hybridized carbons (Fsp3) is 0.192. The second-order valence-electron chi connectivity index (χ2n) is 8.49. The van der Waals surface area contributed by atoms with Gasteiger partial charge < -0.3 is 30.9 Å². The topological polar surface area (TPSA) is 190 Å². The van der Waals surface area contributed by atoms with E-state index in [2.05, 4.69) is 10.6 Å². The van der Waals surface area contributed by atoms with Crippen LogP contribution in [0.5, 0.6) is 0 Å². The van der Waals surface area contributed by atoms with Gasteiger partial charge in [0.15, 0.2) is 0 Å². The fourth-order valence-corrected chi connectivity index (χ4v) is 4.68. The largest absolute Gasteiger partial charge is 0.481 e. The molecule has 0 aromatic heterocycles. The normalized spacial score (nSPS) is 14.3. The lowest BCUT2D eigenvalue weighted by molar-refractivity contribution is -0.142. The van der Waals surface area contributed by atoms with Gasteiger partial charge in [-0.15, -0.1) is 0 Å². The number of amides is 3. The zero-order valence-corrected chi connectivity index (χ0v) is 22.3. The summed E-state index contributed by atoms with van der Waals surface area (Å²) in [6.45, 7) is -0.110. The molecule has 1 saturated heterocycles. The summed E-state index contributed by atoms with van der Waals surface area (Å²) in [6, 6.07) is 11.0. The first-order valence-electron chi connectivity index (χ1n) is 11.6. The van der Waals surface area contributed by atoms with Crippen LogP contribution in [-0.4, -0.2) is 61.3 Å². The van der Waals surface area contributed by atoms with Crippen molar-refractivity contribution < 1.29 is 44.1 Å². The molecule has 0 radical (unpaired) electrons. The summed E-state index contributed by atoms with van der Waals surface area (Å²) in [7, 11) is 0. The zero-order valence-electron chi connectivity index (χ0n) is 20.7. The van der Waals surface area contributed by atoms with E-state index in [4.69, 9.17) is 17.3 Å². The Morgan fingerprint density at radius 3 is 2.30 bits per heavy atom. The second-order valence-corrected chi connectivity index (χ2v) is 10.2. The van der Waals surface area contributed by atoms with Crippen LogP contribution in [0, 0.1) is 0 Å². The highest BCUT2D eigenvalue weighted by Gasteiger charge is 2.24. The SMILES string of the molecule is O=C(O)CC[C@@H](NC(=O)c1cccc(CN(C(=O)CC(=O)O)c2ccc(/C=C3/SC(=S)NC3=O)cc2)c1)C(=O)O. The van der Waals surface area contributed by atoms with Gasteiger partial charge in [-0.1, -0.05) is 48.2 Å². The molecule has 1 atom stereocenters. The van der Waals surface area contributed by atoms with Crippen LogP contribution >= 0.6 is 24.0 Å². The number of carboxylic acid groups (broad SMARTS) is 3. The summed E-state index contributed by atoms with van der Waals surface area (Å²) >= 11 is 6.09. The Morgan fingerprint density at radius 2 is 1.73 bits per heavy atom. The fourth-order valence-electron chi connectivity index (χ4n) is 3.63. The molecule has 0 unspecified atom stereocenters. The quantitative estimate of drug-likeness (QED) is 0.139. The number of carbonyl (C=O) groups is 6. The van der Waals surface area contributed by atoms with Crippen molar-refractivity contribution in [3.05, 3.63) is 70.1 Å². The van der Waals surface area contributed by atoms with E-state index >= 15 is 0 Å². The number of carbonyl (C=O) groups excluding carboxylic acids is 3. The lowest BCUT2D eigenvalue weighted by atomic mass is 10.1. The molecule has 0 spiro atoms. The number of carboxylic acids is 3. The van der Waals surface area contributed by atoms with Crippen molar-refractivity contribution in [1.82, 2.24) is 10.6 Å². The number of thiocarbonyl (C=S) groups is 1. The summed E-state index contributed by atoms with van der Waals surface area (Å²) in [6.07, 6.45) is 0.0725. The maximum atomic E-state index is 12.8. The van der Waals surface area contributed by atoms with Gasteiger partial charge in [0.25, 0.3) is 11.8 Å². The molecule has 14 heteroatoms. The summed E-state index contributed by atoms with van der Waals surface area (Å²) in [4.78, 5) is 72.5. The average Bonchev–Trinajstić information content (AvgIpc) is 3.20. The van der Waals surface area contributed by atoms with Gasteiger partial charge in [-0.3, -0.25) is 24.0 Å². The first-order chi connectivity index (χ1) is 18.9. The van der Waals surface area contributed by atoms with Gasteiger partial charge in [0, 0.05) is 17.7 Å². The van der Waals surface area contributed by atoms with Crippen molar-refractivity contribution in [1.29, 1.82) is 0 Å². The molecule has 0 saturated carbocycles. The molecule has 12 nitrogen and oxygen atoms in total. The summed E-state index contributed by atoms with van der Waals surface area (Å²) in [5, 5.41) is 32.1. The lowest BCUT2D eigenvalue weighted by Gasteiger charge is -2.23. The van der Waals surface area contributed by atoms with E-state index in [9.17, 15) is 39.0 Å². The first kappa shape index (κ1) is 30.0. The van der Waals surface area contributed by atoms with Gasteiger partial charge in [-0.2, -0.15) is 0 Å². The summed E-state index contributed by atoms with van der Waals surface area (Å²) in [5.74, 6) is -5.71. The molecule has 3 amide bonds. The molecule has 1 fully saturated rings. The predicted molar refractivity (Wildman–Crippen MR) is 148 cm³/mol. The third-order valence-electron chi connectivity index (χ3n) is 5.53. The van der Waals surface area contributed by atoms with Crippen LogP contribution in [0.4, 0.5) is 5.69 Å². The number of rotatable bonds is 12. The van der Waals surface area contributed by atoms with Crippen molar-refractivity contribution in [3.8, 4) is 0 Å². The van der Waals surface area contributed by atoms with E-state index < -0.39 is 48.6 Å². The van der Waals surface area contributed by atoms with Crippen LogP contribution in [0.15, 0.2) is 53.4 Å². The number of nitrogens with zero attached hydrogens (tertiary/aromatic N) is 1. The monoisotopic (exact) mass is 585 g/mol. The first-order valence-corrected chi connectivity index (χ1v) is 12.9. The number of hydrogen-bond acceptors (Lipinski definition) is 8. The van der Waals surface area contributed by atoms with Crippen molar-refractivity contribution in [3.63, 3.8) is 0 Å². The third-order valence-corrected chi connectivity index (χ3v) is 6.69. The van der Waals surface area contributed by atoms with Crippen molar-refractivity contribution in [2.75, 3.05) is 4.90 Å². The van der Waals surface area contributed by atoms with E-state index in [0.29, 0.717) is 26.0 Å². The molecule has 2 aromatic rings. The molecule has 1 heterocycles. The molecule has 1 aliphatic rings. The Balaban J connectivity index is 1.82. The Bertz CT molecular complexity index is 1410. The number of anilines is 1. The average molecular weight is 586 g/mol. The smallest absolute Gasteiger partial charge is 0.326 e. The maximum absolute atomic E-state index is 12.8. The van der Waals surface area contributed by atoms with E-state index in [0.717, 1.165) is 11.8 Å². The molecular weight excluding hydrogens is 562 g/mol.